The lowest BCUT2D eigenvalue weighted by Gasteiger charge is -2.31. The molecule has 2 aromatic rings. The highest BCUT2D eigenvalue weighted by atomic mass is 16.5. The summed E-state index contributed by atoms with van der Waals surface area (Å²) < 4.78 is 11.6. The molecule has 1 saturated heterocycles. The first-order valence-electron chi connectivity index (χ1n) is 14.6. The summed E-state index contributed by atoms with van der Waals surface area (Å²) in [5.74, 6) is -2.05. The van der Waals surface area contributed by atoms with Crippen molar-refractivity contribution in [2.45, 2.75) is 56.7 Å². The van der Waals surface area contributed by atoms with Crippen LogP contribution in [0.4, 0.5) is 0 Å². The highest BCUT2D eigenvalue weighted by Gasteiger charge is 2.35. The number of nitrogens with one attached hydrogen (secondary N) is 1. The van der Waals surface area contributed by atoms with Crippen LogP contribution in [-0.2, 0) is 30.3 Å². The van der Waals surface area contributed by atoms with Gasteiger partial charge in [0.15, 0.2) is 0 Å². The minimum Gasteiger partial charge on any atom is -0.455 e. The number of nitrogens with zero attached hydrogens (tertiary/aromatic N) is 1. The first-order chi connectivity index (χ1) is 20.4. The van der Waals surface area contributed by atoms with E-state index in [-0.39, 0.29) is 37.5 Å². The van der Waals surface area contributed by atoms with Gasteiger partial charge in [-0.25, -0.2) is 0 Å². The zero-order valence-electron chi connectivity index (χ0n) is 24.5. The van der Waals surface area contributed by atoms with Gasteiger partial charge in [-0.2, -0.15) is 0 Å². The van der Waals surface area contributed by atoms with Gasteiger partial charge >= 0.3 is 5.97 Å². The van der Waals surface area contributed by atoms with Gasteiger partial charge in [-0.3, -0.25) is 14.4 Å². The van der Waals surface area contributed by atoms with Crippen LogP contribution in [0.3, 0.4) is 0 Å². The number of esters is 1. The Kier molecular flexibility index (Phi) is 13.5. The predicted molar refractivity (Wildman–Crippen MR) is 162 cm³/mol. The lowest BCUT2D eigenvalue weighted by atomic mass is 9.95. The number of methoxy groups -OCH3 is 1. The van der Waals surface area contributed by atoms with Crippen molar-refractivity contribution in [2.24, 2.45) is 11.8 Å². The summed E-state index contributed by atoms with van der Waals surface area (Å²) in [7, 11) is 1.52. The highest BCUT2D eigenvalue weighted by molar-refractivity contribution is 5.86. The van der Waals surface area contributed by atoms with Gasteiger partial charge in [0.1, 0.15) is 6.10 Å². The number of benzene rings is 2. The van der Waals surface area contributed by atoms with Crippen LogP contribution in [0.15, 0.2) is 86.0 Å². The molecule has 226 valence electrons. The number of carbonyl (C=O) groups excluding carboxylic acids is 3. The number of carbonyl (C=O) groups is 3. The Hall–Kier alpha value is -3.75. The third kappa shape index (κ3) is 9.39. The van der Waals surface area contributed by atoms with E-state index >= 15 is 0 Å². The molecule has 8 heteroatoms. The maximum absolute atomic E-state index is 13.6. The van der Waals surface area contributed by atoms with Crippen LogP contribution in [-0.4, -0.2) is 66.7 Å². The Labute approximate surface area is 249 Å². The molecule has 2 N–H and O–H groups in total. The van der Waals surface area contributed by atoms with Crippen LogP contribution < -0.4 is 5.32 Å². The van der Waals surface area contributed by atoms with Gasteiger partial charge in [0, 0.05) is 20.1 Å². The molecule has 2 aromatic carbocycles. The van der Waals surface area contributed by atoms with Crippen molar-refractivity contribution >= 4 is 17.8 Å². The molecular weight excluding hydrogens is 532 g/mol. The number of rotatable bonds is 17. The smallest absolute Gasteiger partial charge is 0.310 e. The van der Waals surface area contributed by atoms with Crippen LogP contribution in [0.25, 0.3) is 0 Å². The largest absolute Gasteiger partial charge is 0.455 e. The van der Waals surface area contributed by atoms with Gasteiger partial charge in [0.05, 0.1) is 37.1 Å². The molecule has 1 aliphatic heterocycles. The first-order valence-corrected chi connectivity index (χ1v) is 14.6. The quantitative estimate of drug-likeness (QED) is 0.214. The molecule has 0 aromatic heterocycles. The maximum atomic E-state index is 13.6. The average molecular weight is 577 g/mol. The summed E-state index contributed by atoms with van der Waals surface area (Å²) in [6.07, 6.45) is 5.28. The number of amides is 2. The van der Waals surface area contributed by atoms with Crippen LogP contribution >= 0.6 is 0 Å². The number of aliphatic hydroxyl groups is 1. The van der Waals surface area contributed by atoms with Gasteiger partial charge in [-0.15, -0.1) is 13.2 Å². The van der Waals surface area contributed by atoms with E-state index in [2.05, 4.69) is 18.5 Å². The molecule has 0 bridgehead atoms. The Morgan fingerprint density at radius 2 is 1.67 bits per heavy atom. The molecule has 0 saturated carbocycles. The summed E-state index contributed by atoms with van der Waals surface area (Å²) in [6.45, 7) is 8.16. The maximum Gasteiger partial charge on any atom is 0.310 e. The third-order valence-corrected chi connectivity index (χ3v) is 7.67. The van der Waals surface area contributed by atoms with Gasteiger partial charge in [0.25, 0.3) is 0 Å². The third-order valence-electron chi connectivity index (χ3n) is 7.67. The number of likely N-dealkylation sites (tertiary alicyclic amines) is 1. The lowest BCUT2D eigenvalue weighted by Crippen LogP contribution is -2.47. The Bertz CT molecular complexity index is 1160. The molecule has 2 amide bonds. The monoisotopic (exact) mass is 576 g/mol. The van der Waals surface area contributed by atoms with Crippen molar-refractivity contribution in [3.8, 4) is 0 Å². The fraction of sp³-hybridized carbons (Fsp3) is 0.441. The second kappa shape index (κ2) is 17.3. The zero-order valence-corrected chi connectivity index (χ0v) is 24.5. The summed E-state index contributed by atoms with van der Waals surface area (Å²) in [5, 5.41) is 12.7. The Balaban J connectivity index is 1.82. The van der Waals surface area contributed by atoms with E-state index in [1.54, 1.807) is 17.1 Å². The molecule has 5 atom stereocenters. The number of allylic oxidation sites excluding steroid dienone is 2. The van der Waals surface area contributed by atoms with E-state index in [0.29, 0.717) is 31.4 Å². The SMILES string of the molecule is C=CC[C@@H](CC(=O)N1CCC[C@H]1CO)C(=O)N[C@@H](COC)[C@@H](OC(=O)[C@@H](CC=C)Cc1ccccc1)c1ccccc1. The van der Waals surface area contributed by atoms with Crippen molar-refractivity contribution in [3.63, 3.8) is 0 Å². The van der Waals surface area contributed by atoms with Gasteiger partial charge in [-0.05, 0) is 43.2 Å². The molecular formula is C34H44N2O6. The molecule has 0 spiro atoms. The number of hydrogen-bond donors (Lipinski definition) is 2. The van der Waals surface area contributed by atoms with Crippen LogP contribution in [0.2, 0.25) is 0 Å². The first kappa shape index (κ1) is 32.8. The fourth-order valence-electron chi connectivity index (χ4n) is 5.46. The minimum atomic E-state index is -0.830. The molecule has 1 fully saturated rings. The average Bonchev–Trinajstić information content (AvgIpc) is 3.49. The number of hydrogen-bond acceptors (Lipinski definition) is 6. The van der Waals surface area contributed by atoms with Crippen LogP contribution in [0, 0.1) is 11.8 Å². The van der Waals surface area contributed by atoms with E-state index in [1.165, 1.54) is 7.11 Å². The van der Waals surface area contributed by atoms with Gasteiger partial charge < -0.3 is 24.8 Å². The predicted octanol–water partition coefficient (Wildman–Crippen LogP) is 4.40. The van der Waals surface area contributed by atoms with Crippen molar-refractivity contribution in [1.29, 1.82) is 0 Å². The van der Waals surface area contributed by atoms with E-state index in [4.69, 9.17) is 9.47 Å². The fourth-order valence-corrected chi connectivity index (χ4v) is 5.46. The normalized spacial score (nSPS) is 17.5. The van der Waals surface area contributed by atoms with Crippen molar-refractivity contribution in [2.75, 3.05) is 26.9 Å². The molecule has 42 heavy (non-hydrogen) atoms. The summed E-state index contributed by atoms with van der Waals surface area (Å²) >= 11 is 0. The number of aliphatic hydroxyl groups excluding tert-OH is 1. The molecule has 8 nitrogen and oxygen atoms in total. The standard InChI is InChI=1S/C34H44N2O6/c1-4-13-27(22-31(38)36-20-12-19-29(36)23-37)33(39)35-30(24-41-3)32(26-17-10-7-11-18-26)42-34(40)28(14-5-2)21-25-15-8-6-9-16-25/h4-11,15-18,27-30,32,37H,1-2,12-14,19-24H2,3H3,(H,35,39)/t27-,28-,29-,30-,32-/m0/s1. The molecule has 1 aliphatic rings. The zero-order chi connectivity index (χ0) is 30.3. The van der Waals surface area contributed by atoms with Gasteiger partial charge in [0.2, 0.25) is 11.8 Å². The van der Waals surface area contributed by atoms with E-state index in [1.807, 2.05) is 60.7 Å². The Morgan fingerprint density at radius 3 is 2.29 bits per heavy atom. The topological polar surface area (TPSA) is 105 Å². The second-order valence-corrected chi connectivity index (χ2v) is 10.7. The summed E-state index contributed by atoms with van der Waals surface area (Å²) in [4.78, 5) is 42.0. The second-order valence-electron chi connectivity index (χ2n) is 10.7. The van der Waals surface area contributed by atoms with Crippen molar-refractivity contribution < 1.29 is 29.0 Å². The molecule has 0 aliphatic carbocycles. The molecule has 1 heterocycles. The van der Waals surface area contributed by atoms with Crippen LogP contribution in [0.1, 0.15) is 49.3 Å². The summed E-state index contributed by atoms with van der Waals surface area (Å²) in [6, 6.07) is 18.1. The highest BCUT2D eigenvalue weighted by Crippen LogP contribution is 2.27. The summed E-state index contributed by atoms with van der Waals surface area (Å²) in [5.41, 5.74) is 1.72. The van der Waals surface area contributed by atoms with E-state index < -0.39 is 30.0 Å². The molecule has 0 unspecified atom stereocenters. The van der Waals surface area contributed by atoms with Crippen LogP contribution in [0.5, 0.6) is 0 Å². The molecule has 3 rings (SSSR count). The van der Waals surface area contributed by atoms with E-state index in [0.717, 1.165) is 18.4 Å². The van der Waals surface area contributed by atoms with Gasteiger partial charge in [-0.1, -0.05) is 72.8 Å². The van der Waals surface area contributed by atoms with Crippen molar-refractivity contribution in [3.05, 3.63) is 97.1 Å². The molecule has 0 radical (unpaired) electrons. The number of ether oxygens (including phenoxy) is 2. The Morgan fingerprint density at radius 1 is 1.02 bits per heavy atom. The lowest BCUT2D eigenvalue weighted by molar-refractivity contribution is -0.158. The minimum absolute atomic E-state index is 0.0116. The van der Waals surface area contributed by atoms with E-state index in [9.17, 15) is 19.5 Å². The van der Waals surface area contributed by atoms with Crippen molar-refractivity contribution in [1.82, 2.24) is 10.2 Å².